The maximum atomic E-state index is 14.3. The second-order valence-electron chi connectivity index (χ2n) is 9.18. The summed E-state index contributed by atoms with van der Waals surface area (Å²) >= 11 is 0. The molecule has 0 radical (unpaired) electrons. The summed E-state index contributed by atoms with van der Waals surface area (Å²) in [5, 5.41) is 39.3. The van der Waals surface area contributed by atoms with E-state index in [4.69, 9.17) is 26.6 Å². The molecule has 0 aliphatic carbocycles. The molecule has 3 heterocycles. The highest BCUT2D eigenvalue weighted by molar-refractivity contribution is 5.81. The molecule has 2 aromatic heterocycles. The Bertz CT molecular complexity index is 1500. The first-order valence-electron chi connectivity index (χ1n) is 12.0. The number of carboxylic acids is 1. The van der Waals surface area contributed by atoms with E-state index < -0.39 is 70.9 Å². The van der Waals surface area contributed by atoms with E-state index in [0.717, 1.165) is 18.2 Å². The van der Waals surface area contributed by atoms with Gasteiger partial charge in [0, 0.05) is 19.6 Å². The van der Waals surface area contributed by atoms with Crippen molar-refractivity contribution in [1.82, 2.24) is 24.4 Å². The van der Waals surface area contributed by atoms with Gasteiger partial charge in [-0.3, -0.25) is 14.3 Å². The van der Waals surface area contributed by atoms with Crippen LogP contribution < -0.4 is 11.5 Å². The van der Waals surface area contributed by atoms with Gasteiger partial charge in [0.05, 0.1) is 11.9 Å². The Morgan fingerprint density at radius 1 is 1.17 bits per heavy atom. The second-order valence-corrected chi connectivity index (χ2v) is 9.18. The third-order valence-corrected chi connectivity index (χ3v) is 6.57. The number of nitrogen functional groups attached to an aromatic ring is 1. The third kappa shape index (κ3) is 5.82. The number of aliphatic hydroxyl groups excluding tert-OH is 2. The van der Waals surface area contributed by atoms with Crippen molar-refractivity contribution >= 4 is 29.0 Å². The monoisotopic (exact) mass is 580 g/mol. The Kier molecular flexibility index (Phi) is 8.80. The maximum absolute atomic E-state index is 14.3. The number of benzene rings is 1. The van der Waals surface area contributed by atoms with Gasteiger partial charge in [0.1, 0.15) is 47.8 Å². The number of ether oxygens (including phenoxy) is 1. The number of carbonyl (C=O) groups is 1. The Morgan fingerprint density at radius 3 is 2.49 bits per heavy atom. The number of nitrogens with two attached hydrogens (primary N) is 2. The number of carboxylic acid groups (broad SMARTS) is 1. The van der Waals surface area contributed by atoms with E-state index in [1.165, 1.54) is 22.1 Å². The van der Waals surface area contributed by atoms with E-state index in [0.29, 0.717) is 0 Å². The number of nitrogens with zero attached hydrogens (tertiary/aromatic N) is 6. The number of hydrogen-bond acceptors (Lipinski definition) is 11. The molecule has 1 fully saturated rings. The van der Waals surface area contributed by atoms with Crippen molar-refractivity contribution in [2.24, 2.45) is 5.73 Å². The Labute approximate surface area is 228 Å². The minimum atomic E-state index is -1.85. The number of anilines is 1. The summed E-state index contributed by atoms with van der Waals surface area (Å²) in [6, 6.07) is -0.212. The molecule has 4 rings (SSSR count). The summed E-state index contributed by atoms with van der Waals surface area (Å²) in [6.07, 6.45) is -0.854. The molecule has 1 aliphatic heterocycles. The predicted molar refractivity (Wildman–Crippen MR) is 132 cm³/mol. The van der Waals surface area contributed by atoms with Gasteiger partial charge in [-0.1, -0.05) is 12.2 Å². The van der Waals surface area contributed by atoms with Crippen LogP contribution in [0.3, 0.4) is 0 Å². The Balaban J connectivity index is 1.55. The van der Waals surface area contributed by atoms with Crippen molar-refractivity contribution in [1.29, 1.82) is 5.26 Å². The zero-order valence-corrected chi connectivity index (χ0v) is 21.0. The minimum absolute atomic E-state index is 0.0238. The Hall–Kier alpha value is -4.21. The van der Waals surface area contributed by atoms with E-state index in [1.807, 2.05) is 0 Å². The summed E-state index contributed by atoms with van der Waals surface area (Å²) in [6.45, 7) is -0.347. The molecule has 1 aromatic carbocycles. The topological polar surface area (TPSA) is 210 Å². The number of halogens is 4. The third-order valence-electron chi connectivity index (χ3n) is 6.57. The fraction of sp³-hybridized carbons (Fsp3) is 0.375. The first kappa shape index (κ1) is 29.8. The van der Waals surface area contributed by atoms with Crippen molar-refractivity contribution in [2.45, 2.75) is 37.0 Å². The summed E-state index contributed by atoms with van der Waals surface area (Å²) in [4.78, 5) is 24.7. The molecule has 7 N–H and O–H groups in total. The number of hydrogen-bond donors (Lipinski definition) is 5. The molecule has 0 saturated carbocycles. The average molecular weight is 580 g/mol. The van der Waals surface area contributed by atoms with Crippen LogP contribution in [-0.4, -0.2) is 89.7 Å². The molecule has 0 bridgehead atoms. The molecular weight excluding hydrogens is 556 g/mol. The van der Waals surface area contributed by atoms with Gasteiger partial charge in [0.25, 0.3) is 0 Å². The number of fused-ring (bicyclic) bond motifs is 1. The molecule has 0 spiro atoms. The normalized spacial score (nSPS) is 21.6. The molecule has 0 unspecified atom stereocenters. The molecule has 0 amide bonds. The van der Waals surface area contributed by atoms with Crippen molar-refractivity contribution in [3.8, 4) is 6.07 Å². The smallest absolute Gasteiger partial charge is 0.320 e. The van der Waals surface area contributed by atoms with E-state index >= 15 is 0 Å². The lowest BCUT2D eigenvalue weighted by Crippen LogP contribution is -2.42. The van der Waals surface area contributed by atoms with Gasteiger partial charge in [-0.05, 0) is 6.42 Å². The van der Waals surface area contributed by atoms with Crippen molar-refractivity contribution in [3.63, 3.8) is 0 Å². The van der Waals surface area contributed by atoms with Gasteiger partial charge in [0.2, 0.25) is 0 Å². The maximum Gasteiger partial charge on any atom is 0.320 e. The van der Waals surface area contributed by atoms with Crippen LogP contribution in [0.1, 0.15) is 23.8 Å². The fourth-order valence-corrected chi connectivity index (χ4v) is 4.34. The van der Waals surface area contributed by atoms with Crippen LogP contribution in [0.25, 0.3) is 17.2 Å². The van der Waals surface area contributed by atoms with Crippen LogP contribution >= 0.6 is 0 Å². The number of aromatic nitrogens is 4. The number of aliphatic hydroxyl groups is 2. The predicted octanol–water partition coefficient (Wildman–Crippen LogP) is 0.273. The summed E-state index contributed by atoms with van der Waals surface area (Å²) in [5.41, 5.74) is 9.38. The second kappa shape index (κ2) is 12.1. The average Bonchev–Trinajstić information content (AvgIpc) is 3.49. The largest absolute Gasteiger partial charge is 0.480 e. The Morgan fingerprint density at radius 2 is 1.85 bits per heavy atom. The highest BCUT2D eigenvalue weighted by atomic mass is 19.2. The number of imidazole rings is 1. The molecule has 13 nitrogen and oxygen atoms in total. The van der Waals surface area contributed by atoms with Crippen LogP contribution in [0, 0.1) is 34.6 Å². The standard InChI is InChI=1S/C24H24F4N8O5/c25-14-10(15(26)17(28)11(6-29)16(14)27)2-1-4-35(5-3-12(30)24(39)40)7-13-19(37)20(38)23(41-13)36-9-34-18-21(31)32-8-33-22(18)36/h1-2,8-9,12-13,19-20,23,37-38H,3-5,7,30H2,(H,39,40)(H2,31,32,33)/b2-1+/t12-,13+,19+,20+,23+/m0/s1. The lowest BCUT2D eigenvalue weighted by Gasteiger charge is -2.26. The van der Waals surface area contributed by atoms with Gasteiger partial charge >= 0.3 is 5.97 Å². The number of aliphatic carboxylic acids is 1. The number of nitriles is 1. The molecule has 218 valence electrons. The quantitative estimate of drug-likeness (QED) is 0.162. The molecule has 17 heteroatoms. The van der Waals surface area contributed by atoms with Crippen LogP contribution in [0.2, 0.25) is 0 Å². The lowest BCUT2D eigenvalue weighted by atomic mass is 10.1. The lowest BCUT2D eigenvalue weighted by molar-refractivity contribution is -0.138. The molecule has 1 aliphatic rings. The van der Waals surface area contributed by atoms with Crippen molar-refractivity contribution in [3.05, 3.63) is 53.1 Å². The van der Waals surface area contributed by atoms with E-state index in [-0.39, 0.29) is 43.0 Å². The molecular formula is C24H24F4N8O5. The van der Waals surface area contributed by atoms with Gasteiger partial charge in [-0.15, -0.1) is 0 Å². The fourth-order valence-electron chi connectivity index (χ4n) is 4.34. The van der Waals surface area contributed by atoms with Crippen LogP contribution in [-0.2, 0) is 9.53 Å². The molecule has 5 atom stereocenters. The molecule has 1 saturated heterocycles. The summed E-state index contributed by atoms with van der Waals surface area (Å²) < 4.78 is 63.8. The van der Waals surface area contributed by atoms with Gasteiger partial charge in [-0.2, -0.15) is 5.26 Å². The first-order chi connectivity index (χ1) is 19.5. The molecule has 3 aromatic rings. The van der Waals surface area contributed by atoms with Gasteiger partial charge in [0.15, 0.2) is 41.0 Å². The summed E-state index contributed by atoms with van der Waals surface area (Å²) in [7, 11) is 0. The SMILES string of the molecule is N#Cc1c(F)c(F)c(/C=C/CN(CC[C@H](N)C(=O)O)C[C@H]2O[C@@H](n3cnc4c(N)ncnc43)[C@H](O)[C@@H]2O)c(F)c1F. The van der Waals surface area contributed by atoms with Gasteiger partial charge < -0.3 is 31.5 Å². The van der Waals surface area contributed by atoms with Crippen LogP contribution in [0.4, 0.5) is 23.4 Å². The zero-order chi connectivity index (χ0) is 30.0. The van der Waals surface area contributed by atoms with Gasteiger partial charge in [-0.25, -0.2) is 32.5 Å². The highest BCUT2D eigenvalue weighted by Gasteiger charge is 2.44. The van der Waals surface area contributed by atoms with E-state index in [1.54, 1.807) is 0 Å². The minimum Gasteiger partial charge on any atom is -0.480 e. The summed E-state index contributed by atoms with van der Waals surface area (Å²) in [5.74, 6) is -8.44. The zero-order valence-electron chi connectivity index (χ0n) is 21.0. The van der Waals surface area contributed by atoms with Crippen molar-refractivity contribution < 1.29 is 42.4 Å². The van der Waals surface area contributed by atoms with Crippen molar-refractivity contribution in [2.75, 3.05) is 25.4 Å². The van der Waals surface area contributed by atoms with E-state index in [2.05, 4.69) is 15.0 Å². The highest BCUT2D eigenvalue weighted by Crippen LogP contribution is 2.32. The van der Waals surface area contributed by atoms with Crippen LogP contribution in [0.15, 0.2) is 18.7 Å². The number of rotatable bonds is 10. The molecule has 41 heavy (non-hydrogen) atoms. The first-order valence-corrected chi connectivity index (χ1v) is 12.0. The van der Waals surface area contributed by atoms with E-state index in [9.17, 15) is 32.6 Å². The van der Waals surface area contributed by atoms with Crippen LogP contribution in [0.5, 0.6) is 0 Å².